The Labute approximate surface area is 189 Å². The summed E-state index contributed by atoms with van der Waals surface area (Å²) in [6, 6.07) is 16.3. The summed E-state index contributed by atoms with van der Waals surface area (Å²) in [5.41, 5.74) is 6.55. The third-order valence-electron chi connectivity index (χ3n) is 6.14. The van der Waals surface area contributed by atoms with E-state index in [1.807, 2.05) is 49.1 Å². The second-order valence-corrected chi connectivity index (χ2v) is 8.45. The molecule has 0 spiro atoms. The molecule has 166 valence electrons. The molecule has 1 aliphatic heterocycles. The minimum atomic E-state index is 0.0178. The van der Waals surface area contributed by atoms with Crippen LogP contribution in [0.5, 0.6) is 5.75 Å². The predicted molar refractivity (Wildman–Crippen MR) is 127 cm³/mol. The molecule has 6 heteroatoms. The Morgan fingerprint density at radius 3 is 2.34 bits per heavy atom. The first-order valence-electron chi connectivity index (χ1n) is 11.1. The van der Waals surface area contributed by atoms with Crippen molar-refractivity contribution in [3.8, 4) is 17.0 Å². The van der Waals surface area contributed by atoms with Crippen LogP contribution >= 0.6 is 0 Å². The van der Waals surface area contributed by atoms with Gasteiger partial charge in [-0.05, 0) is 68.1 Å². The molecule has 32 heavy (non-hydrogen) atoms. The van der Waals surface area contributed by atoms with Crippen molar-refractivity contribution in [1.82, 2.24) is 15.1 Å². The molecule has 0 bridgehead atoms. The zero-order valence-corrected chi connectivity index (χ0v) is 19.3. The number of hydrogen-bond acceptors (Lipinski definition) is 5. The summed E-state index contributed by atoms with van der Waals surface area (Å²) in [4.78, 5) is 16.7. The normalized spacial score (nSPS) is 13.9. The molecule has 1 fully saturated rings. The highest BCUT2D eigenvalue weighted by Crippen LogP contribution is 2.24. The molecule has 1 amide bonds. The van der Waals surface area contributed by atoms with E-state index in [0.717, 1.165) is 47.0 Å². The van der Waals surface area contributed by atoms with Crippen LogP contribution in [0.15, 0.2) is 48.5 Å². The number of carbonyl (C=O) groups is 1. The zero-order valence-electron chi connectivity index (χ0n) is 19.3. The van der Waals surface area contributed by atoms with Gasteiger partial charge in [-0.3, -0.25) is 4.79 Å². The number of piperazine rings is 1. The second-order valence-electron chi connectivity index (χ2n) is 8.45. The van der Waals surface area contributed by atoms with Crippen molar-refractivity contribution >= 4 is 11.7 Å². The minimum Gasteiger partial charge on any atom is -0.483 e. The molecule has 6 nitrogen and oxygen atoms in total. The van der Waals surface area contributed by atoms with Crippen LogP contribution < -0.4 is 9.64 Å². The zero-order chi connectivity index (χ0) is 22.7. The highest BCUT2D eigenvalue weighted by molar-refractivity contribution is 5.78. The van der Waals surface area contributed by atoms with Crippen LogP contribution in [0, 0.1) is 27.7 Å². The Bertz CT molecular complexity index is 1100. The van der Waals surface area contributed by atoms with Gasteiger partial charge in [-0.1, -0.05) is 30.3 Å². The van der Waals surface area contributed by atoms with Gasteiger partial charge in [0.05, 0.1) is 5.69 Å². The molecule has 3 aromatic rings. The van der Waals surface area contributed by atoms with E-state index in [9.17, 15) is 4.79 Å². The Balaban J connectivity index is 1.32. The highest BCUT2D eigenvalue weighted by Gasteiger charge is 2.23. The van der Waals surface area contributed by atoms with Crippen molar-refractivity contribution < 1.29 is 9.53 Å². The van der Waals surface area contributed by atoms with Crippen LogP contribution in [0.3, 0.4) is 0 Å². The van der Waals surface area contributed by atoms with E-state index in [1.165, 1.54) is 11.1 Å². The highest BCUT2D eigenvalue weighted by atomic mass is 16.5. The topological polar surface area (TPSA) is 58.6 Å². The maximum absolute atomic E-state index is 12.7. The van der Waals surface area contributed by atoms with E-state index in [1.54, 1.807) is 0 Å². The second kappa shape index (κ2) is 9.39. The Hall–Kier alpha value is -3.41. The first-order chi connectivity index (χ1) is 15.4. The largest absolute Gasteiger partial charge is 0.483 e. The third kappa shape index (κ3) is 4.74. The van der Waals surface area contributed by atoms with Crippen molar-refractivity contribution in [2.45, 2.75) is 27.7 Å². The number of hydrogen-bond donors (Lipinski definition) is 0. The van der Waals surface area contributed by atoms with Gasteiger partial charge < -0.3 is 14.5 Å². The van der Waals surface area contributed by atoms with E-state index in [4.69, 9.17) is 4.74 Å². The smallest absolute Gasteiger partial charge is 0.260 e. The maximum Gasteiger partial charge on any atom is 0.260 e. The fraction of sp³-hybridized carbons (Fsp3) is 0.346. The van der Waals surface area contributed by atoms with Gasteiger partial charge >= 0.3 is 0 Å². The van der Waals surface area contributed by atoms with Gasteiger partial charge in [0.1, 0.15) is 5.75 Å². The average molecular weight is 431 g/mol. The lowest BCUT2D eigenvalue weighted by Gasteiger charge is -2.35. The van der Waals surface area contributed by atoms with Crippen LogP contribution in [-0.2, 0) is 4.79 Å². The Morgan fingerprint density at radius 1 is 0.906 bits per heavy atom. The van der Waals surface area contributed by atoms with E-state index in [2.05, 4.69) is 47.1 Å². The average Bonchev–Trinajstić information content (AvgIpc) is 2.81. The molecule has 2 heterocycles. The monoisotopic (exact) mass is 430 g/mol. The summed E-state index contributed by atoms with van der Waals surface area (Å²) in [7, 11) is 0. The first kappa shape index (κ1) is 21.8. The number of nitrogens with zero attached hydrogens (tertiary/aromatic N) is 4. The van der Waals surface area contributed by atoms with Gasteiger partial charge in [0.25, 0.3) is 5.91 Å². The molecule has 1 saturated heterocycles. The van der Waals surface area contributed by atoms with Gasteiger partial charge in [0, 0.05) is 31.7 Å². The van der Waals surface area contributed by atoms with Crippen LogP contribution in [0.25, 0.3) is 11.3 Å². The number of rotatable bonds is 5. The van der Waals surface area contributed by atoms with E-state index < -0.39 is 0 Å². The summed E-state index contributed by atoms with van der Waals surface area (Å²) < 4.78 is 5.86. The van der Waals surface area contributed by atoms with Crippen molar-refractivity contribution in [3.63, 3.8) is 0 Å². The summed E-state index contributed by atoms with van der Waals surface area (Å²) in [5, 5.41) is 8.87. The third-order valence-corrected chi connectivity index (χ3v) is 6.14. The van der Waals surface area contributed by atoms with E-state index in [-0.39, 0.29) is 12.5 Å². The number of carbonyl (C=O) groups excluding carboxylic acids is 1. The number of aromatic nitrogens is 2. The number of ether oxygens (including phenoxy) is 1. The number of anilines is 1. The Kier molecular flexibility index (Phi) is 6.40. The molecule has 0 aliphatic carbocycles. The van der Waals surface area contributed by atoms with Crippen molar-refractivity contribution in [3.05, 3.63) is 70.8 Å². The Morgan fingerprint density at radius 2 is 1.66 bits per heavy atom. The van der Waals surface area contributed by atoms with Crippen molar-refractivity contribution in [1.29, 1.82) is 0 Å². The van der Waals surface area contributed by atoms with Crippen LogP contribution in [0.1, 0.15) is 22.3 Å². The minimum absolute atomic E-state index is 0.0178. The molecular weight excluding hydrogens is 400 g/mol. The maximum atomic E-state index is 12.7. The van der Waals surface area contributed by atoms with Crippen LogP contribution in [-0.4, -0.2) is 53.8 Å². The molecule has 0 saturated carbocycles. The molecule has 0 unspecified atom stereocenters. The van der Waals surface area contributed by atoms with Crippen LogP contribution in [0.4, 0.5) is 5.82 Å². The number of benzene rings is 2. The molecule has 0 atom stereocenters. The number of amides is 1. The molecule has 0 N–H and O–H groups in total. The summed E-state index contributed by atoms with van der Waals surface area (Å²) >= 11 is 0. The molecule has 0 radical (unpaired) electrons. The van der Waals surface area contributed by atoms with Gasteiger partial charge in [0.2, 0.25) is 0 Å². The molecule has 1 aromatic heterocycles. The first-order valence-corrected chi connectivity index (χ1v) is 11.1. The molecule has 4 rings (SSSR count). The summed E-state index contributed by atoms with van der Waals surface area (Å²) in [6.45, 7) is 11.0. The molecule has 1 aliphatic rings. The lowest BCUT2D eigenvalue weighted by molar-refractivity contribution is -0.133. The predicted octanol–water partition coefficient (Wildman–Crippen LogP) is 4.10. The molecular formula is C26H30N4O2. The lowest BCUT2D eigenvalue weighted by atomic mass is 10.1. The van der Waals surface area contributed by atoms with Crippen molar-refractivity contribution in [2.75, 3.05) is 37.7 Å². The van der Waals surface area contributed by atoms with Gasteiger partial charge in [-0.25, -0.2) is 0 Å². The lowest BCUT2D eigenvalue weighted by Crippen LogP contribution is -2.50. The fourth-order valence-corrected chi connectivity index (χ4v) is 4.06. The van der Waals surface area contributed by atoms with Gasteiger partial charge in [-0.2, -0.15) is 0 Å². The quantitative estimate of drug-likeness (QED) is 0.610. The fourth-order valence-electron chi connectivity index (χ4n) is 4.06. The standard InChI is InChI=1S/C26H30N4O2/c1-18-15-20(3)21(4)24(16-18)32-17-26(31)30-13-11-29(12-14-30)25-10-9-23(27-28-25)22-8-6-5-7-19(22)2/h5-10,15-16H,11-14,17H2,1-4H3. The van der Waals surface area contributed by atoms with Gasteiger partial charge in [-0.15, -0.1) is 10.2 Å². The van der Waals surface area contributed by atoms with Crippen molar-refractivity contribution in [2.24, 2.45) is 0 Å². The van der Waals surface area contributed by atoms with E-state index in [0.29, 0.717) is 13.1 Å². The summed E-state index contributed by atoms with van der Waals surface area (Å²) in [5.74, 6) is 1.65. The van der Waals surface area contributed by atoms with Crippen LogP contribution in [0.2, 0.25) is 0 Å². The number of aryl methyl sites for hydroxylation is 3. The SMILES string of the molecule is Cc1cc(C)c(C)c(OCC(=O)N2CCN(c3ccc(-c4ccccc4C)nn3)CC2)c1. The van der Waals surface area contributed by atoms with Gasteiger partial charge in [0.15, 0.2) is 12.4 Å². The van der Waals surface area contributed by atoms with E-state index >= 15 is 0 Å². The summed E-state index contributed by atoms with van der Waals surface area (Å²) in [6.07, 6.45) is 0. The molecule has 2 aromatic carbocycles.